The first-order valence-corrected chi connectivity index (χ1v) is 6.24. The molecule has 2 heterocycles. The van der Waals surface area contributed by atoms with Crippen molar-refractivity contribution in [3.63, 3.8) is 0 Å². The van der Waals surface area contributed by atoms with Gasteiger partial charge in [-0.3, -0.25) is 0 Å². The van der Waals surface area contributed by atoms with Gasteiger partial charge in [0.1, 0.15) is 18.2 Å². The van der Waals surface area contributed by atoms with Crippen LogP contribution >= 0.6 is 0 Å². The van der Waals surface area contributed by atoms with Crippen LogP contribution in [-0.2, 0) is 19.6 Å². The summed E-state index contributed by atoms with van der Waals surface area (Å²) in [6.07, 6.45) is 5.35. The third-order valence-electron chi connectivity index (χ3n) is 3.27. The highest BCUT2D eigenvalue weighted by atomic mass is 19.1. The molecule has 0 fully saturated rings. The number of benzene rings is 1. The van der Waals surface area contributed by atoms with Crippen LogP contribution in [0.3, 0.4) is 0 Å². The van der Waals surface area contributed by atoms with Gasteiger partial charge in [-0.25, -0.2) is 9.37 Å². The number of aromatic nitrogens is 2. The standard InChI is InChI=1S/C14H15FN2O/c15-11-4-3-5-12(8-11)18-9-13-14-6-1-2-7-17(14)10-16-13/h3-5,8,10H,1-2,6-7,9H2. The van der Waals surface area contributed by atoms with Gasteiger partial charge in [0.05, 0.1) is 12.0 Å². The summed E-state index contributed by atoms with van der Waals surface area (Å²) in [5.41, 5.74) is 2.23. The molecule has 1 aromatic carbocycles. The second-order valence-corrected chi connectivity index (χ2v) is 4.53. The molecule has 0 N–H and O–H groups in total. The molecule has 0 saturated heterocycles. The van der Waals surface area contributed by atoms with Crippen LogP contribution in [0, 0.1) is 5.82 Å². The average Bonchev–Trinajstić information content (AvgIpc) is 2.80. The minimum atomic E-state index is -0.278. The Labute approximate surface area is 105 Å². The predicted octanol–water partition coefficient (Wildman–Crippen LogP) is 2.94. The van der Waals surface area contributed by atoms with Gasteiger partial charge in [-0.2, -0.15) is 0 Å². The van der Waals surface area contributed by atoms with Crippen LogP contribution in [-0.4, -0.2) is 9.55 Å². The smallest absolute Gasteiger partial charge is 0.132 e. The molecule has 0 unspecified atom stereocenters. The van der Waals surface area contributed by atoms with E-state index in [1.807, 2.05) is 6.33 Å². The maximum Gasteiger partial charge on any atom is 0.132 e. The molecule has 0 bridgehead atoms. The van der Waals surface area contributed by atoms with E-state index in [0.717, 1.165) is 18.7 Å². The number of nitrogens with zero attached hydrogens (tertiary/aromatic N) is 2. The first-order chi connectivity index (χ1) is 8.83. The first-order valence-electron chi connectivity index (χ1n) is 6.24. The summed E-state index contributed by atoms with van der Waals surface area (Å²) in [6, 6.07) is 6.20. The molecule has 3 nitrogen and oxygen atoms in total. The average molecular weight is 246 g/mol. The summed E-state index contributed by atoms with van der Waals surface area (Å²) in [4.78, 5) is 4.38. The van der Waals surface area contributed by atoms with Crippen LogP contribution in [0.25, 0.3) is 0 Å². The fourth-order valence-corrected chi connectivity index (χ4v) is 2.33. The highest BCUT2D eigenvalue weighted by molar-refractivity contribution is 5.23. The Bertz CT molecular complexity index is 550. The lowest BCUT2D eigenvalue weighted by Gasteiger charge is -2.15. The number of hydrogen-bond acceptors (Lipinski definition) is 2. The van der Waals surface area contributed by atoms with Crippen molar-refractivity contribution >= 4 is 0 Å². The van der Waals surface area contributed by atoms with Crippen LogP contribution in [0.2, 0.25) is 0 Å². The first kappa shape index (κ1) is 11.3. The van der Waals surface area contributed by atoms with E-state index in [1.165, 1.54) is 30.7 Å². The van der Waals surface area contributed by atoms with E-state index in [1.54, 1.807) is 12.1 Å². The van der Waals surface area contributed by atoms with E-state index < -0.39 is 0 Å². The summed E-state index contributed by atoms with van der Waals surface area (Å²) < 4.78 is 20.8. The zero-order valence-electron chi connectivity index (χ0n) is 10.1. The molecule has 94 valence electrons. The second kappa shape index (κ2) is 4.80. The Morgan fingerprint density at radius 2 is 2.28 bits per heavy atom. The molecular weight excluding hydrogens is 231 g/mol. The number of rotatable bonds is 3. The monoisotopic (exact) mass is 246 g/mol. The van der Waals surface area contributed by atoms with Crippen LogP contribution in [0.15, 0.2) is 30.6 Å². The van der Waals surface area contributed by atoms with Gasteiger partial charge >= 0.3 is 0 Å². The van der Waals surface area contributed by atoms with Crippen molar-refractivity contribution in [2.45, 2.75) is 32.4 Å². The van der Waals surface area contributed by atoms with E-state index in [-0.39, 0.29) is 5.82 Å². The van der Waals surface area contributed by atoms with E-state index in [2.05, 4.69) is 9.55 Å². The van der Waals surface area contributed by atoms with Crippen LogP contribution in [0.1, 0.15) is 24.2 Å². The van der Waals surface area contributed by atoms with Crippen LogP contribution < -0.4 is 4.74 Å². The molecule has 3 rings (SSSR count). The number of hydrogen-bond donors (Lipinski definition) is 0. The minimum absolute atomic E-state index is 0.278. The lowest BCUT2D eigenvalue weighted by atomic mass is 10.1. The lowest BCUT2D eigenvalue weighted by molar-refractivity contribution is 0.298. The van der Waals surface area contributed by atoms with E-state index in [0.29, 0.717) is 12.4 Å². The van der Waals surface area contributed by atoms with Gasteiger partial charge in [-0.05, 0) is 31.4 Å². The molecule has 4 heteroatoms. The second-order valence-electron chi connectivity index (χ2n) is 4.53. The third-order valence-corrected chi connectivity index (χ3v) is 3.27. The normalized spacial score (nSPS) is 14.3. The number of ether oxygens (including phenoxy) is 1. The lowest BCUT2D eigenvalue weighted by Crippen LogP contribution is -2.11. The van der Waals surface area contributed by atoms with Gasteiger partial charge in [0, 0.05) is 18.3 Å². The summed E-state index contributed by atoms with van der Waals surface area (Å²) in [5.74, 6) is 0.270. The fourth-order valence-electron chi connectivity index (χ4n) is 2.33. The van der Waals surface area contributed by atoms with Crippen molar-refractivity contribution < 1.29 is 9.13 Å². The molecule has 0 atom stereocenters. The molecule has 1 aromatic heterocycles. The SMILES string of the molecule is Fc1cccc(OCc2ncn3c2CCCC3)c1. The van der Waals surface area contributed by atoms with Crippen molar-refractivity contribution in [2.75, 3.05) is 0 Å². The highest BCUT2D eigenvalue weighted by Gasteiger charge is 2.14. The Hall–Kier alpha value is -1.84. The Balaban J connectivity index is 1.72. The molecule has 2 aromatic rings. The summed E-state index contributed by atoms with van der Waals surface area (Å²) in [5, 5.41) is 0. The maximum absolute atomic E-state index is 13.0. The van der Waals surface area contributed by atoms with Gasteiger partial charge in [-0.1, -0.05) is 6.07 Å². The molecular formula is C14H15FN2O. The quantitative estimate of drug-likeness (QED) is 0.832. The molecule has 18 heavy (non-hydrogen) atoms. The van der Waals surface area contributed by atoms with E-state index in [4.69, 9.17) is 4.74 Å². The van der Waals surface area contributed by atoms with Gasteiger partial charge < -0.3 is 9.30 Å². The van der Waals surface area contributed by atoms with Crippen molar-refractivity contribution in [3.8, 4) is 5.75 Å². The van der Waals surface area contributed by atoms with Gasteiger partial charge in [0.15, 0.2) is 0 Å². The topological polar surface area (TPSA) is 27.1 Å². The largest absolute Gasteiger partial charge is 0.487 e. The zero-order chi connectivity index (χ0) is 12.4. The van der Waals surface area contributed by atoms with Crippen molar-refractivity contribution in [3.05, 3.63) is 47.8 Å². The molecule has 0 spiro atoms. The number of aryl methyl sites for hydroxylation is 1. The summed E-state index contributed by atoms with van der Waals surface area (Å²) in [6.45, 7) is 1.45. The van der Waals surface area contributed by atoms with Crippen molar-refractivity contribution in [2.24, 2.45) is 0 Å². The van der Waals surface area contributed by atoms with Gasteiger partial charge in [-0.15, -0.1) is 0 Å². The van der Waals surface area contributed by atoms with E-state index in [9.17, 15) is 4.39 Å². The van der Waals surface area contributed by atoms with Crippen LogP contribution in [0.4, 0.5) is 4.39 Å². The van der Waals surface area contributed by atoms with E-state index >= 15 is 0 Å². The minimum Gasteiger partial charge on any atom is -0.487 e. The molecule has 1 aliphatic heterocycles. The van der Waals surface area contributed by atoms with Crippen molar-refractivity contribution in [1.29, 1.82) is 0 Å². The van der Waals surface area contributed by atoms with Gasteiger partial charge in [0.25, 0.3) is 0 Å². The molecule has 0 aliphatic carbocycles. The maximum atomic E-state index is 13.0. The third kappa shape index (κ3) is 2.23. The summed E-state index contributed by atoms with van der Waals surface area (Å²) >= 11 is 0. The zero-order valence-corrected chi connectivity index (χ0v) is 10.1. The molecule has 1 aliphatic rings. The summed E-state index contributed by atoms with van der Waals surface area (Å²) in [7, 11) is 0. The molecule has 0 amide bonds. The van der Waals surface area contributed by atoms with Crippen molar-refractivity contribution in [1.82, 2.24) is 9.55 Å². The molecule has 0 radical (unpaired) electrons. The van der Waals surface area contributed by atoms with Crippen LogP contribution in [0.5, 0.6) is 5.75 Å². The van der Waals surface area contributed by atoms with Gasteiger partial charge in [0.2, 0.25) is 0 Å². The molecule has 0 saturated carbocycles. The number of fused-ring (bicyclic) bond motifs is 1. The fraction of sp³-hybridized carbons (Fsp3) is 0.357. The highest BCUT2D eigenvalue weighted by Crippen LogP contribution is 2.20. The Morgan fingerprint density at radius 1 is 1.33 bits per heavy atom. The Kier molecular flexibility index (Phi) is 3.00. The number of halogens is 1. The predicted molar refractivity (Wildman–Crippen MR) is 65.9 cm³/mol. The Morgan fingerprint density at radius 3 is 3.17 bits per heavy atom. The number of imidazole rings is 1.